The van der Waals surface area contributed by atoms with Crippen LogP contribution >= 0.6 is 31.9 Å². The van der Waals surface area contributed by atoms with Crippen molar-refractivity contribution in [1.29, 1.82) is 0 Å². The predicted octanol–water partition coefficient (Wildman–Crippen LogP) is 4.84. The van der Waals surface area contributed by atoms with Crippen LogP contribution in [-0.2, 0) is 0 Å². The average molecular weight is 320 g/mol. The fourth-order valence-corrected chi connectivity index (χ4v) is 2.86. The number of halogens is 2. The van der Waals surface area contributed by atoms with Crippen LogP contribution in [0.15, 0.2) is 9.47 Å². The van der Waals surface area contributed by atoms with E-state index in [1.807, 2.05) is 6.92 Å². The van der Waals surface area contributed by atoms with Crippen LogP contribution in [0.25, 0.3) is 0 Å². The molecule has 78 valence electrons. The normalized spacial score (nSPS) is 31.6. The highest BCUT2D eigenvalue weighted by Crippen LogP contribution is 2.42. The first-order chi connectivity index (χ1) is 6.58. The van der Waals surface area contributed by atoms with Gasteiger partial charge in [-0.05, 0) is 64.5 Å². The summed E-state index contributed by atoms with van der Waals surface area (Å²) in [6.45, 7) is 4.22. The van der Waals surface area contributed by atoms with Crippen LogP contribution < -0.4 is 0 Å². The van der Waals surface area contributed by atoms with Crippen molar-refractivity contribution < 1.29 is 0 Å². The molecule has 0 aliphatic heterocycles. The van der Waals surface area contributed by atoms with Crippen molar-refractivity contribution in [1.82, 2.24) is 0 Å². The number of allylic oxidation sites excluding steroid dienone is 1. The average Bonchev–Trinajstić information content (AvgIpc) is 2.09. The van der Waals surface area contributed by atoms with Crippen molar-refractivity contribution in [2.45, 2.75) is 39.5 Å². The van der Waals surface area contributed by atoms with E-state index in [4.69, 9.17) is 0 Å². The Morgan fingerprint density at radius 2 is 2.14 bits per heavy atom. The van der Waals surface area contributed by atoms with Crippen LogP contribution in [0.2, 0.25) is 0 Å². The maximum Gasteiger partial charge on any atom is 0.0567 e. The maximum absolute atomic E-state index is 3.44. The van der Waals surface area contributed by atoms with Crippen LogP contribution in [0.3, 0.4) is 0 Å². The zero-order valence-electron chi connectivity index (χ0n) is 8.74. The van der Waals surface area contributed by atoms with Gasteiger partial charge < -0.3 is 0 Å². The molecule has 0 saturated heterocycles. The SMILES string of the molecule is CC#C[C@]1(C)CCCC[C@@H]1C=C(Br)Br. The molecule has 1 aliphatic carbocycles. The minimum absolute atomic E-state index is 0.180. The molecule has 1 rings (SSSR count). The van der Waals surface area contributed by atoms with Gasteiger partial charge in [0.15, 0.2) is 0 Å². The maximum atomic E-state index is 3.44. The van der Waals surface area contributed by atoms with Crippen LogP contribution in [-0.4, -0.2) is 0 Å². The lowest BCUT2D eigenvalue weighted by Gasteiger charge is -2.36. The molecule has 1 saturated carbocycles. The van der Waals surface area contributed by atoms with Gasteiger partial charge in [0.2, 0.25) is 0 Å². The molecule has 0 amide bonds. The highest BCUT2D eigenvalue weighted by molar-refractivity contribution is 9.28. The third kappa shape index (κ3) is 3.14. The monoisotopic (exact) mass is 318 g/mol. The van der Waals surface area contributed by atoms with E-state index in [-0.39, 0.29) is 5.41 Å². The molecule has 14 heavy (non-hydrogen) atoms. The predicted molar refractivity (Wildman–Crippen MR) is 69.5 cm³/mol. The Kier molecular flexibility index (Phi) is 4.73. The molecule has 0 unspecified atom stereocenters. The van der Waals surface area contributed by atoms with Crippen molar-refractivity contribution in [3.63, 3.8) is 0 Å². The molecular weight excluding hydrogens is 304 g/mol. The number of hydrogen-bond donors (Lipinski definition) is 0. The smallest absolute Gasteiger partial charge is 0.0567 e. The first kappa shape index (κ1) is 12.3. The van der Waals surface area contributed by atoms with Gasteiger partial charge in [-0.3, -0.25) is 0 Å². The van der Waals surface area contributed by atoms with Crippen molar-refractivity contribution in [3.8, 4) is 11.8 Å². The molecule has 2 atom stereocenters. The molecule has 0 aromatic carbocycles. The first-order valence-electron chi connectivity index (χ1n) is 5.05. The van der Waals surface area contributed by atoms with Gasteiger partial charge in [0.25, 0.3) is 0 Å². The molecule has 0 spiro atoms. The fourth-order valence-electron chi connectivity index (χ4n) is 2.22. The largest absolute Gasteiger partial charge is 0.106 e. The van der Waals surface area contributed by atoms with E-state index in [1.165, 1.54) is 25.7 Å². The van der Waals surface area contributed by atoms with Crippen molar-refractivity contribution >= 4 is 31.9 Å². The highest BCUT2D eigenvalue weighted by Gasteiger charge is 2.33. The molecular formula is C12H16Br2. The molecule has 0 aromatic rings. The number of rotatable bonds is 1. The van der Waals surface area contributed by atoms with Crippen LogP contribution in [0.1, 0.15) is 39.5 Å². The van der Waals surface area contributed by atoms with E-state index >= 15 is 0 Å². The molecule has 1 fully saturated rings. The van der Waals surface area contributed by atoms with Gasteiger partial charge in [-0.2, -0.15) is 0 Å². The lowest BCUT2D eigenvalue weighted by molar-refractivity contribution is 0.227. The van der Waals surface area contributed by atoms with Crippen LogP contribution in [0.5, 0.6) is 0 Å². The molecule has 0 radical (unpaired) electrons. The minimum Gasteiger partial charge on any atom is -0.106 e. The third-order valence-electron chi connectivity index (χ3n) is 3.02. The van der Waals surface area contributed by atoms with E-state index in [9.17, 15) is 0 Å². The van der Waals surface area contributed by atoms with E-state index in [0.717, 1.165) is 3.39 Å². The van der Waals surface area contributed by atoms with E-state index in [1.54, 1.807) is 0 Å². The second-order valence-corrected chi connectivity index (χ2v) is 6.87. The van der Waals surface area contributed by atoms with E-state index in [2.05, 4.69) is 56.7 Å². The topological polar surface area (TPSA) is 0 Å². The van der Waals surface area contributed by atoms with Crippen molar-refractivity contribution in [2.24, 2.45) is 11.3 Å². The first-order valence-corrected chi connectivity index (χ1v) is 6.64. The lowest BCUT2D eigenvalue weighted by Crippen LogP contribution is -2.28. The summed E-state index contributed by atoms with van der Waals surface area (Å²) in [6.07, 6.45) is 7.38. The van der Waals surface area contributed by atoms with Gasteiger partial charge in [0.05, 0.1) is 3.39 Å². The lowest BCUT2D eigenvalue weighted by atomic mass is 9.68. The van der Waals surface area contributed by atoms with E-state index < -0.39 is 0 Å². The summed E-state index contributed by atoms with van der Waals surface area (Å²) in [7, 11) is 0. The van der Waals surface area contributed by atoms with E-state index in [0.29, 0.717) is 5.92 Å². The Labute approximate surface area is 104 Å². The number of hydrogen-bond acceptors (Lipinski definition) is 0. The molecule has 0 heterocycles. The summed E-state index contributed by atoms with van der Waals surface area (Å²) in [5, 5.41) is 0. The Morgan fingerprint density at radius 3 is 2.71 bits per heavy atom. The van der Waals surface area contributed by atoms with Gasteiger partial charge >= 0.3 is 0 Å². The molecule has 0 bridgehead atoms. The van der Waals surface area contributed by atoms with Gasteiger partial charge in [-0.25, -0.2) is 0 Å². The van der Waals surface area contributed by atoms with Crippen LogP contribution in [0, 0.1) is 23.2 Å². The zero-order valence-corrected chi connectivity index (χ0v) is 11.9. The van der Waals surface area contributed by atoms with Crippen molar-refractivity contribution in [2.75, 3.05) is 0 Å². The Hall–Kier alpha value is 0.260. The van der Waals surface area contributed by atoms with Crippen molar-refractivity contribution in [3.05, 3.63) is 9.47 Å². The standard InChI is InChI=1S/C12H16Br2/c1-3-7-12(2)8-5-4-6-10(12)9-11(13)14/h9-10H,4-6,8H2,1-2H3/t10-,12-/m1/s1. The molecule has 0 N–H and O–H groups in total. The quantitative estimate of drug-likeness (QED) is 0.607. The fraction of sp³-hybridized carbons (Fsp3) is 0.667. The van der Waals surface area contributed by atoms with Gasteiger partial charge in [-0.1, -0.05) is 24.8 Å². The summed E-state index contributed by atoms with van der Waals surface area (Å²) >= 11 is 6.88. The Balaban J connectivity index is 2.87. The van der Waals surface area contributed by atoms with Gasteiger partial charge in [0, 0.05) is 5.41 Å². The third-order valence-corrected chi connectivity index (χ3v) is 3.55. The summed E-state index contributed by atoms with van der Waals surface area (Å²) in [5.74, 6) is 7.03. The minimum atomic E-state index is 0.180. The summed E-state index contributed by atoms with van der Waals surface area (Å²) in [6, 6.07) is 0. The van der Waals surface area contributed by atoms with Gasteiger partial charge in [-0.15, -0.1) is 5.92 Å². The summed E-state index contributed by atoms with van der Waals surface area (Å²) in [5.41, 5.74) is 0.180. The molecule has 0 aromatic heterocycles. The Morgan fingerprint density at radius 1 is 1.43 bits per heavy atom. The summed E-state index contributed by atoms with van der Waals surface area (Å²) < 4.78 is 1.06. The zero-order chi connectivity index (χ0) is 10.6. The summed E-state index contributed by atoms with van der Waals surface area (Å²) in [4.78, 5) is 0. The highest BCUT2D eigenvalue weighted by atomic mass is 79.9. The van der Waals surface area contributed by atoms with Gasteiger partial charge in [0.1, 0.15) is 0 Å². The second kappa shape index (κ2) is 5.37. The van der Waals surface area contributed by atoms with Crippen LogP contribution in [0.4, 0.5) is 0 Å². The molecule has 1 aliphatic rings. The second-order valence-electron chi connectivity index (χ2n) is 4.10. The molecule has 0 nitrogen and oxygen atoms in total. The molecule has 2 heteroatoms. The Bertz CT molecular complexity index is 278.